The van der Waals surface area contributed by atoms with Gasteiger partial charge in [0.1, 0.15) is 5.75 Å². The Hall–Kier alpha value is -1.94. The van der Waals surface area contributed by atoms with Gasteiger partial charge in [-0.05, 0) is 29.8 Å². The van der Waals surface area contributed by atoms with Crippen LogP contribution in [0.2, 0.25) is 5.02 Å². The minimum absolute atomic E-state index is 0.0312. The van der Waals surface area contributed by atoms with Gasteiger partial charge in [0.05, 0.1) is 5.02 Å². The SMILES string of the molecule is Cn1ccc(CNC(=O)c2ccc(O)c(Cl)c2)c1. The second-order valence-corrected chi connectivity index (χ2v) is 4.44. The second kappa shape index (κ2) is 5.14. The zero-order valence-corrected chi connectivity index (χ0v) is 10.6. The van der Waals surface area contributed by atoms with Crippen molar-refractivity contribution in [2.24, 2.45) is 7.05 Å². The standard InChI is InChI=1S/C13H13ClN2O2/c1-16-5-4-9(8-16)7-15-13(18)10-2-3-12(17)11(14)6-10/h2-6,8,17H,7H2,1H3,(H,15,18). The van der Waals surface area contributed by atoms with Crippen molar-refractivity contribution in [2.45, 2.75) is 6.54 Å². The third-order valence-electron chi connectivity index (χ3n) is 2.56. The molecule has 4 nitrogen and oxygen atoms in total. The van der Waals surface area contributed by atoms with E-state index in [2.05, 4.69) is 5.32 Å². The molecule has 0 atom stereocenters. The van der Waals surface area contributed by atoms with E-state index >= 15 is 0 Å². The first-order valence-corrected chi connectivity index (χ1v) is 5.81. The van der Waals surface area contributed by atoms with Crippen LogP contribution in [0.15, 0.2) is 36.7 Å². The molecule has 94 valence electrons. The predicted molar refractivity (Wildman–Crippen MR) is 69.7 cm³/mol. The molecule has 0 radical (unpaired) electrons. The molecule has 0 spiro atoms. The van der Waals surface area contributed by atoms with Gasteiger partial charge in [-0.3, -0.25) is 4.79 Å². The number of rotatable bonds is 3. The number of hydrogen-bond donors (Lipinski definition) is 2. The van der Waals surface area contributed by atoms with Crippen LogP contribution in [0.3, 0.4) is 0 Å². The molecule has 5 heteroatoms. The number of nitrogens with zero attached hydrogens (tertiary/aromatic N) is 1. The average molecular weight is 265 g/mol. The molecule has 18 heavy (non-hydrogen) atoms. The molecule has 2 rings (SSSR count). The number of aryl methyl sites for hydroxylation is 1. The first kappa shape index (κ1) is 12.5. The fourth-order valence-electron chi connectivity index (χ4n) is 1.60. The van der Waals surface area contributed by atoms with Gasteiger partial charge in [0.25, 0.3) is 5.91 Å². The molecule has 2 N–H and O–H groups in total. The van der Waals surface area contributed by atoms with Crippen molar-refractivity contribution in [3.8, 4) is 5.75 Å². The van der Waals surface area contributed by atoms with Crippen LogP contribution in [0.5, 0.6) is 5.75 Å². The number of phenols is 1. The first-order valence-electron chi connectivity index (χ1n) is 5.44. The van der Waals surface area contributed by atoms with Crippen LogP contribution >= 0.6 is 11.6 Å². The average Bonchev–Trinajstić information content (AvgIpc) is 2.75. The highest BCUT2D eigenvalue weighted by atomic mass is 35.5. The number of carbonyl (C=O) groups is 1. The van der Waals surface area contributed by atoms with Gasteiger partial charge in [0, 0.05) is 31.5 Å². The molecule has 0 unspecified atom stereocenters. The van der Waals surface area contributed by atoms with Crippen LogP contribution in [0.25, 0.3) is 0 Å². The Morgan fingerprint density at radius 3 is 2.83 bits per heavy atom. The summed E-state index contributed by atoms with van der Waals surface area (Å²) in [5, 5.41) is 12.2. The Bertz CT molecular complexity index is 578. The van der Waals surface area contributed by atoms with Crippen molar-refractivity contribution in [2.75, 3.05) is 0 Å². The monoisotopic (exact) mass is 264 g/mol. The maximum Gasteiger partial charge on any atom is 0.251 e. The van der Waals surface area contributed by atoms with Crippen molar-refractivity contribution in [1.82, 2.24) is 9.88 Å². The van der Waals surface area contributed by atoms with Crippen LogP contribution in [-0.4, -0.2) is 15.6 Å². The van der Waals surface area contributed by atoms with Gasteiger partial charge in [-0.15, -0.1) is 0 Å². The summed E-state index contributed by atoms with van der Waals surface area (Å²) >= 11 is 5.75. The van der Waals surface area contributed by atoms with E-state index < -0.39 is 0 Å². The summed E-state index contributed by atoms with van der Waals surface area (Å²) in [5.74, 6) is -0.253. The van der Waals surface area contributed by atoms with Crippen LogP contribution in [0.4, 0.5) is 0 Å². The van der Waals surface area contributed by atoms with Crippen molar-refractivity contribution in [1.29, 1.82) is 0 Å². The van der Waals surface area contributed by atoms with Gasteiger partial charge in [-0.2, -0.15) is 0 Å². The summed E-state index contributed by atoms with van der Waals surface area (Å²) < 4.78 is 1.92. The summed E-state index contributed by atoms with van der Waals surface area (Å²) in [7, 11) is 1.92. The van der Waals surface area contributed by atoms with Crippen LogP contribution in [0, 0.1) is 0 Å². The maximum atomic E-state index is 11.8. The Kier molecular flexibility index (Phi) is 3.58. The lowest BCUT2D eigenvalue weighted by Gasteiger charge is -2.05. The van der Waals surface area contributed by atoms with Crippen LogP contribution in [0.1, 0.15) is 15.9 Å². The number of halogens is 1. The summed E-state index contributed by atoms with van der Waals surface area (Å²) in [6.45, 7) is 0.457. The zero-order valence-electron chi connectivity index (χ0n) is 9.85. The molecule has 0 aliphatic rings. The number of benzene rings is 1. The van der Waals surface area contributed by atoms with Crippen molar-refractivity contribution < 1.29 is 9.90 Å². The summed E-state index contributed by atoms with van der Waals surface area (Å²) in [5.41, 5.74) is 1.45. The molecule has 0 aliphatic heterocycles. The van der Waals surface area contributed by atoms with Crippen LogP contribution < -0.4 is 5.32 Å². The quantitative estimate of drug-likeness (QED) is 0.894. The first-order chi connectivity index (χ1) is 8.56. The maximum absolute atomic E-state index is 11.8. The molecular formula is C13H13ClN2O2. The lowest BCUT2D eigenvalue weighted by atomic mass is 10.2. The van der Waals surface area contributed by atoms with Gasteiger partial charge >= 0.3 is 0 Å². The smallest absolute Gasteiger partial charge is 0.251 e. The molecule has 0 saturated heterocycles. The molecule has 1 aromatic heterocycles. The third-order valence-corrected chi connectivity index (χ3v) is 2.86. The Morgan fingerprint density at radius 2 is 2.22 bits per heavy atom. The second-order valence-electron chi connectivity index (χ2n) is 4.03. The fourth-order valence-corrected chi connectivity index (χ4v) is 1.78. The normalized spacial score (nSPS) is 10.3. The number of carbonyl (C=O) groups excluding carboxylic acids is 1. The van der Waals surface area contributed by atoms with Gasteiger partial charge in [0.15, 0.2) is 0 Å². The molecule has 1 aromatic carbocycles. The lowest BCUT2D eigenvalue weighted by molar-refractivity contribution is 0.0951. The summed E-state index contributed by atoms with van der Waals surface area (Å²) in [6.07, 6.45) is 3.85. The number of hydrogen-bond acceptors (Lipinski definition) is 2. The molecule has 0 fully saturated rings. The summed E-state index contributed by atoms with van der Waals surface area (Å²) in [6, 6.07) is 6.31. The fraction of sp³-hybridized carbons (Fsp3) is 0.154. The molecular weight excluding hydrogens is 252 g/mol. The van der Waals surface area contributed by atoms with Gasteiger partial charge in [-0.25, -0.2) is 0 Å². The topological polar surface area (TPSA) is 54.3 Å². The van der Waals surface area contributed by atoms with E-state index in [4.69, 9.17) is 11.6 Å². The molecule has 2 aromatic rings. The van der Waals surface area contributed by atoms with E-state index in [1.807, 2.05) is 30.1 Å². The largest absolute Gasteiger partial charge is 0.506 e. The van der Waals surface area contributed by atoms with Gasteiger partial charge < -0.3 is 15.0 Å². The van der Waals surface area contributed by atoms with E-state index in [0.717, 1.165) is 5.56 Å². The molecule has 1 heterocycles. The molecule has 0 saturated carbocycles. The van der Waals surface area contributed by atoms with Crippen LogP contribution in [-0.2, 0) is 13.6 Å². The van der Waals surface area contributed by atoms with E-state index in [9.17, 15) is 9.90 Å². The predicted octanol–water partition coefficient (Wildman–Crippen LogP) is 2.31. The van der Waals surface area contributed by atoms with Crippen molar-refractivity contribution >= 4 is 17.5 Å². The van der Waals surface area contributed by atoms with E-state index in [-0.39, 0.29) is 16.7 Å². The highest BCUT2D eigenvalue weighted by Crippen LogP contribution is 2.23. The van der Waals surface area contributed by atoms with E-state index in [0.29, 0.717) is 12.1 Å². The Balaban J connectivity index is 2.01. The minimum atomic E-state index is -0.222. The number of nitrogens with one attached hydrogen (secondary N) is 1. The third kappa shape index (κ3) is 2.84. The number of aromatic nitrogens is 1. The van der Waals surface area contributed by atoms with E-state index in [1.165, 1.54) is 18.2 Å². The molecule has 0 bridgehead atoms. The van der Waals surface area contributed by atoms with Crippen molar-refractivity contribution in [3.05, 3.63) is 52.8 Å². The minimum Gasteiger partial charge on any atom is -0.506 e. The van der Waals surface area contributed by atoms with Gasteiger partial charge in [0.2, 0.25) is 0 Å². The van der Waals surface area contributed by atoms with Crippen molar-refractivity contribution in [3.63, 3.8) is 0 Å². The summed E-state index contributed by atoms with van der Waals surface area (Å²) in [4.78, 5) is 11.8. The highest BCUT2D eigenvalue weighted by Gasteiger charge is 2.08. The Morgan fingerprint density at radius 1 is 1.44 bits per heavy atom. The zero-order chi connectivity index (χ0) is 13.1. The number of aromatic hydroxyl groups is 1. The van der Waals surface area contributed by atoms with Gasteiger partial charge in [-0.1, -0.05) is 11.6 Å². The molecule has 1 amide bonds. The number of phenolic OH excluding ortho intramolecular Hbond substituents is 1. The van der Waals surface area contributed by atoms with E-state index in [1.54, 1.807) is 0 Å². The highest BCUT2D eigenvalue weighted by molar-refractivity contribution is 6.32. The molecule has 0 aliphatic carbocycles. The lowest BCUT2D eigenvalue weighted by Crippen LogP contribution is -2.22. The Labute approximate surface area is 110 Å². The number of amides is 1.